The minimum atomic E-state index is -0.412. The lowest BCUT2D eigenvalue weighted by atomic mass is 9.85. The summed E-state index contributed by atoms with van der Waals surface area (Å²) in [5.41, 5.74) is 2.71. The second-order valence-corrected chi connectivity index (χ2v) is 5.88. The maximum absolute atomic E-state index is 11.9. The molecular formula is C17H22O4. The lowest BCUT2D eigenvalue weighted by molar-refractivity contribution is -0.149. The van der Waals surface area contributed by atoms with Crippen molar-refractivity contribution >= 4 is 11.9 Å². The second-order valence-electron chi connectivity index (χ2n) is 5.88. The zero-order chi connectivity index (χ0) is 15.6. The summed E-state index contributed by atoms with van der Waals surface area (Å²) in [6.07, 6.45) is 5.80. The van der Waals surface area contributed by atoms with Crippen LogP contribution < -0.4 is 0 Å². The summed E-state index contributed by atoms with van der Waals surface area (Å²) < 4.78 is 10.9. The molecule has 0 spiro atoms. The van der Waals surface area contributed by atoms with Crippen molar-refractivity contribution in [2.24, 2.45) is 5.92 Å². The number of rotatable bonds is 1. The van der Waals surface area contributed by atoms with E-state index >= 15 is 0 Å². The standard InChI is InChI=1S/C17H22O4/c1-10-6-5-7-11(2)9-15-16(12(3)17(19)21-15)14(8-10)20-13(4)18/h6,9,14-16H,3,5,7-8H2,1-2,4H3/b10-6+,11-9-/t14-,15-,16-/m1/s1. The Morgan fingerprint density at radius 3 is 2.76 bits per heavy atom. The Labute approximate surface area is 125 Å². The largest absolute Gasteiger partial charge is 0.461 e. The predicted molar refractivity (Wildman–Crippen MR) is 79.4 cm³/mol. The average molecular weight is 290 g/mol. The number of esters is 2. The SMILES string of the molecule is C=C1C(=O)O[C@@H]2/C=C(/C)CC/C=C(\C)C[C@@H](OC(C)=O)[C@@H]12. The zero-order valence-electron chi connectivity index (χ0n) is 12.8. The summed E-state index contributed by atoms with van der Waals surface area (Å²) >= 11 is 0. The van der Waals surface area contributed by atoms with E-state index in [-0.39, 0.29) is 18.0 Å². The first kappa shape index (κ1) is 15.5. The smallest absolute Gasteiger partial charge is 0.334 e. The number of carbonyl (C=O) groups excluding carboxylic acids is 2. The van der Waals surface area contributed by atoms with Crippen molar-refractivity contribution in [2.45, 2.75) is 52.2 Å². The number of hydrogen-bond donors (Lipinski definition) is 0. The third-order valence-corrected chi connectivity index (χ3v) is 3.98. The molecule has 1 aliphatic heterocycles. The van der Waals surface area contributed by atoms with Gasteiger partial charge in [-0.2, -0.15) is 0 Å². The molecule has 1 aliphatic carbocycles. The summed E-state index contributed by atoms with van der Waals surface area (Å²) in [6.45, 7) is 9.27. The fourth-order valence-electron chi connectivity index (χ4n) is 2.95. The van der Waals surface area contributed by atoms with Crippen LogP contribution in [0.15, 0.2) is 35.5 Å². The molecule has 0 bridgehead atoms. The van der Waals surface area contributed by atoms with Gasteiger partial charge in [0.1, 0.15) is 12.2 Å². The molecule has 0 aromatic carbocycles. The van der Waals surface area contributed by atoms with E-state index in [0.29, 0.717) is 12.0 Å². The van der Waals surface area contributed by atoms with Crippen molar-refractivity contribution in [3.8, 4) is 0 Å². The number of hydrogen-bond acceptors (Lipinski definition) is 4. The van der Waals surface area contributed by atoms with Gasteiger partial charge >= 0.3 is 11.9 Å². The zero-order valence-corrected chi connectivity index (χ0v) is 12.8. The van der Waals surface area contributed by atoms with Crippen LogP contribution in [0.2, 0.25) is 0 Å². The van der Waals surface area contributed by atoms with Crippen LogP contribution >= 0.6 is 0 Å². The molecular weight excluding hydrogens is 268 g/mol. The second kappa shape index (κ2) is 6.29. The van der Waals surface area contributed by atoms with Crippen molar-refractivity contribution in [3.63, 3.8) is 0 Å². The van der Waals surface area contributed by atoms with E-state index in [2.05, 4.69) is 12.7 Å². The topological polar surface area (TPSA) is 52.6 Å². The van der Waals surface area contributed by atoms with Crippen LogP contribution in [0.4, 0.5) is 0 Å². The number of ether oxygens (including phenoxy) is 2. The highest BCUT2D eigenvalue weighted by molar-refractivity contribution is 5.91. The Bertz CT molecular complexity index is 527. The van der Waals surface area contributed by atoms with Crippen LogP contribution in [-0.4, -0.2) is 24.1 Å². The highest BCUT2D eigenvalue weighted by Gasteiger charge is 2.44. The number of carbonyl (C=O) groups is 2. The molecule has 3 atom stereocenters. The van der Waals surface area contributed by atoms with Gasteiger partial charge in [0.25, 0.3) is 0 Å². The molecule has 21 heavy (non-hydrogen) atoms. The summed E-state index contributed by atoms with van der Waals surface area (Å²) in [5.74, 6) is -1.05. The van der Waals surface area contributed by atoms with E-state index in [1.165, 1.54) is 12.5 Å². The van der Waals surface area contributed by atoms with Gasteiger partial charge in [-0.15, -0.1) is 0 Å². The molecule has 0 N–H and O–H groups in total. The Balaban J connectivity index is 2.39. The van der Waals surface area contributed by atoms with Crippen molar-refractivity contribution in [3.05, 3.63) is 35.5 Å². The lowest BCUT2D eigenvalue weighted by Crippen LogP contribution is -2.32. The van der Waals surface area contributed by atoms with Gasteiger partial charge in [0, 0.05) is 18.9 Å². The fraction of sp³-hybridized carbons (Fsp3) is 0.529. The summed E-state index contributed by atoms with van der Waals surface area (Å²) in [7, 11) is 0. The highest BCUT2D eigenvalue weighted by atomic mass is 16.6. The van der Waals surface area contributed by atoms with E-state index in [9.17, 15) is 9.59 Å². The van der Waals surface area contributed by atoms with Crippen LogP contribution in [0.5, 0.6) is 0 Å². The average Bonchev–Trinajstić information content (AvgIpc) is 2.62. The van der Waals surface area contributed by atoms with Gasteiger partial charge in [-0.3, -0.25) is 4.79 Å². The first-order valence-electron chi connectivity index (χ1n) is 7.28. The highest BCUT2D eigenvalue weighted by Crippen LogP contribution is 2.36. The van der Waals surface area contributed by atoms with Crippen LogP contribution in [0.25, 0.3) is 0 Å². The predicted octanol–water partition coefficient (Wildman–Crippen LogP) is 3.09. The van der Waals surface area contributed by atoms with Gasteiger partial charge in [-0.05, 0) is 32.8 Å². The molecule has 114 valence electrons. The van der Waals surface area contributed by atoms with Gasteiger partial charge < -0.3 is 9.47 Å². The van der Waals surface area contributed by atoms with E-state index in [0.717, 1.165) is 18.4 Å². The van der Waals surface area contributed by atoms with Gasteiger partial charge in [-0.25, -0.2) is 4.79 Å². The molecule has 0 saturated carbocycles. The molecule has 0 unspecified atom stereocenters. The van der Waals surface area contributed by atoms with Crippen LogP contribution in [0.1, 0.15) is 40.0 Å². The van der Waals surface area contributed by atoms with Crippen molar-refractivity contribution in [2.75, 3.05) is 0 Å². The Hall–Kier alpha value is -1.84. The lowest BCUT2D eigenvalue weighted by Gasteiger charge is -2.26. The van der Waals surface area contributed by atoms with Crippen LogP contribution in [-0.2, 0) is 19.1 Å². The third kappa shape index (κ3) is 3.63. The summed E-state index contributed by atoms with van der Waals surface area (Å²) in [6, 6.07) is 0. The molecule has 0 aromatic rings. The minimum Gasteiger partial charge on any atom is -0.461 e. The van der Waals surface area contributed by atoms with Gasteiger partial charge in [-0.1, -0.05) is 23.8 Å². The fourth-order valence-corrected chi connectivity index (χ4v) is 2.95. The molecule has 4 heteroatoms. The molecule has 1 fully saturated rings. The Morgan fingerprint density at radius 1 is 1.38 bits per heavy atom. The third-order valence-electron chi connectivity index (χ3n) is 3.98. The van der Waals surface area contributed by atoms with Crippen LogP contribution in [0.3, 0.4) is 0 Å². The molecule has 1 saturated heterocycles. The van der Waals surface area contributed by atoms with E-state index < -0.39 is 12.1 Å². The van der Waals surface area contributed by atoms with Crippen LogP contribution in [0, 0.1) is 5.92 Å². The molecule has 1 heterocycles. The van der Waals surface area contributed by atoms with E-state index in [1.54, 1.807) is 0 Å². The van der Waals surface area contributed by atoms with Gasteiger partial charge in [0.15, 0.2) is 0 Å². The Morgan fingerprint density at radius 2 is 2.10 bits per heavy atom. The normalized spacial score (nSPS) is 34.9. The maximum atomic E-state index is 11.9. The van der Waals surface area contributed by atoms with Gasteiger partial charge in [0.2, 0.25) is 0 Å². The summed E-state index contributed by atoms with van der Waals surface area (Å²) in [5, 5.41) is 0. The molecule has 0 radical (unpaired) electrons. The quantitative estimate of drug-likeness (QED) is 0.423. The molecule has 2 rings (SSSR count). The molecule has 2 aliphatic rings. The van der Waals surface area contributed by atoms with E-state index in [4.69, 9.17) is 9.47 Å². The minimum absolute atomic E-state index is 0.308. The maximum Gasteiger partial charge on any atom is 0.334 e. The van der Waals surface area contributed by atoms with Crippen molar-refractivity contribution in [1.29, 1.82) is 0 Å². The first-order valence-corrected chi connectivity index (χ1v) is 7.28. The van der Waals surface area contributed by atoms with Crippen molar-refractivity contribution in [1.82, 2.24) is 0 Å². The van der Waals surface area contributed by atoms with E-state index in [1.807, 2.05) is 19.9 Å². The molecule has 4 nitrogen and oxygen atoms in total. The Kier molecular flexibility index (Phi) is 4.66. The van der Waals surface area contributed by atoms with Gasteiger partial charge in [0.05, 0.1) is 5.92 Å². The first-order chi connectivity index (χ1) is 9.88. The monoisotopic (exact) mass is 290 g/mol. The van der Waals surface area contributed by atoms with Crippen molar-refractivity contribution < 1.29 is 19.1 Å². The molecule has 0 amide bonds. The number of fused-ring (bicyclic) bond motifs is 1. The summed E-state index contributed by atoms with van der Waals surface area (Å²) in [4.78, 5) is 23.2. The molecule has 0 aromatic heterocycles. The number of allylic oxidation sites excluding steroid dienone is 2.